The van der Waals surface area contributed by atoms with Gasteiger partial charge in [-0.25, -0.2) is 0 Å². The van der Waals surface area contributed by atoms with Gasteiger partial charge in [0.1, 0.15) is 0 Å². The molecule has 0 rings (SSSR count). The van der Waals surface area contributed by atoms with Crippen molar-refractivity contribution < 1.29 is 24.5 Å². The van der Waals surface area contributed by atoms with Crippen molar-refractivity contribution >= 4 is 11.9 Å². The number of esters is 1. The maximum Gasteiger partial charge on any atom is 0.305 e. The van der Waals surface area contributed by atoms with Gasteiger partial charge in [0.25, 0.3) is 0 Å². The maximum atomic E-state index is 12.5. The first-order chi connectivity index (χ1) is 35.5. The van der Waals surface area contributed by atoms with Crippen molar-refractivity contribution in [2.24, 2.45) is 0 Å². The Morgan fingerprint density at radius 1 is 0.375 bits per heavy atom. The molecule has 0 bridgehead atoms. The van der Waals surface area contributed by atoms with Crippen molar-refractivity contribution in [3.8, 4) is 0 Å². The zero-order valence-electron chi connectivity index (χ0n) is 48.9. The standard InChI is InChI=1S/C66H129NO5/c1-3-5-7-9-11-13-15-17-18-19-20-21-22-23-24-25-26-29-32-35-38-42-46-50-54-58-64(69)63(62-68)67-65(70)59-55-51-47-43-39-36-33-30-27-28-31-34-37-41-45-49-53-57-61-72-66(71)60-56-52-48-44-40-16-14-12-10-8-6-4-2/h12,14,63-64,68-69H,3-11,13,15-62H2,1-2H3,(H,67,70)/b14-12-. The second kappa shape index (κ2) is 62.1. The monoisotopic (exact) mass is 1020 g/mol. The van der Waals surface area contributed by atoms with Crippen LogP contribution < -0.4 is 5.32 Å². The third-order valence-corrected chi connectivity index (χ3v) is 15.6. The molecule has 6 heteroatoms. The lowest BCUT2D eigenvalue weighted by Crippen LogP contribution is -2.45. The highest BCUT2D eigenvalue weighted by Gasteiger charge is 2.20. The molecule has 0 radical (unpaired) electrons. The Morgan fingerprint density at radius 3 is 1.01 bits per heavy atom. The highest BCUT2D eigenvalue weighted by molar-refractivity contribution is 5.76. The van der Waals surface area contributed by atoms with Gasteiger partial charge in [0.05, 0.1) is 25.4 Å². The third kappa shape index (κ3) is 57.9. The number of hydrogen-bond acceptors (Lipinski definition) is 5. The van der Waals surface area contributed by atoms with Crippen LogP contribution in [-0.4, -0.2) is 47.4 Å². The van der Waals surface area contributed by atoms with E-state index in [1.807, 2.05) is 0 Å². The van der Waals surface area contributed by atoms with Crippen LogP contribution in [0.2, 0.25) is 0 Å². The summed E-state index contributed by atoms with van der Waals surface area (Å²) in [4.78, 5) is 24.6. The van der Waals surface area contributed by atoms with Gasteiger partial charge < -0.3 is 20.3 Å². The number of unbranched alkanes of at least 4 members (excludes halogenated alkanes) is 49. The lowest BCUT2D eigenvalue weighted by atomic mass is 10.0. The maximum absolute atomic E-state index is 12.5. The van der Waals surface area contributed by atoms with Gasteiger partial charge >= 0.3 is 5.97 Å². The number of nitrogens with one attached hydrogen (secondary N) is 1. The van der Waals surface area contributed by atoms with E-state index in [9.17, 15) is 19.8 Å². The second-order valence-corrected chi connectivity index (χ2v) is 22.8. The molecule has 0 saturated heterocycles. The van der Waals surface area contributed by atoms with E-state index in [4.69, 9.17) is 4.74 Å². The van der Waals surface area contributed by atoms with Crippen LogP contribution in [-0.2, 0) is 14.3 Å². The quantitative estimate of drug-likeness (QED) is 0.0320. The summed E-state index contributed by atoms with van der Waals surface area (Å²) in [5.74, 6) is -0.0359. The van der Waals surface area contributed by atoms with Gasteiger partial charge in [-0.05, 0) is 51.4 Å². The molecule has 0 aromatic heterocycles. The SMILES string of the molecule is CCCCC/C=C\CCCCCCCC(=O)OCCCCCCCCCCCCCCCCCCCCC(=O)NC(CO)C(O)CCCCCCCCCCCCCCCCCCCCCCCCCCC. The van der Waals surface area contributed by atoms with Crippen LogP contribution in [0.1, 0.15) is 373 Å². The lowest BCUT2D eigenvalue weighted by Gasteiger charge is -2.22. The summed E-state index contributed by atoms with van der Waals surface area (Å²) in [6, 6.07) is -0.545. The molecule has 428 valence electrons. The number of aliphatic hydroxyl groups is 2. The van der Waals surface area contributed by atoms with Crippen LogP contribution in [0.4, 0.5) is 0 Å². The number of allylic oxidation sites excluding steroid dienone is 2. The van der Waals surface area contributed by atoms with E-state index in [2.05, 4.69) is 31.3 Å². The molecule has 1 amide bonds. The molecule has 72 heavy (non-hydrogen) atoms. The molecular formula is C66H129NO5. The predicted molar refractivity (Wildman–Crippen MR) is 315 cm³/mol. The first-order valence-corrected chi connectivity index (χ1v) is 32.9. The van der Waals surface area contributed by atoms with Crippen molar-refractivity contribution in [1.29, 1.82) is 0 Å². The average molecular weight is 1020 g/mol. The van der Waals surface area contributed by atoms with E-state index < -0.39 is 12.1 Å². The minimum Gasteiger partial charge on any atom is -0.466 e. The van der Waals surface area contributed by atoms with Crippen molar-refractivity contribution in [1.82, 2.24) is 5.32 Å². The highest BCUT2D eigenvalue weighted by atomic mass is 16.5. The number of aliphatic hydroxyl groups excluding tert-OH is 2. The minimum absolute atomic E-state index is 0.00156. The fourth-order valence-corrected chi connectivity index (χ4v) is 10.5. The molecule has 0 saturated carbocycles. The molecule has 3 N–H and O–H groups in total. The van der Waals surface area contributed by atoms with Gasteiger partial charge in [-0.3, -0.25) is 9.59 Å². The molecule has 2 atom stereocenters. The van der Waals surface area contributed by atoms with Crippen molar-refractivity contribution in [3.05, 3.63) is 12.2 Å². The first-order valence-electron chi connectivity index (χ1n) is 32.9. The van der Waals surface area contributed by atoms with Crippen LogP contribution in [0.5, 0.6) is 0 Å². The fraction of sp³-hybridized carbons (Fsp3) is 0.939. The number of carbonyl (C=O) groups is 2. The molecule has 0 spiro atoms. The van der Waals surface area contributed by atoms with E-state index in [1.54, 1.807) is 0 Å². The number of amides is 1. The topological polar surface area (TPSA) is 95.9 Å². The molecule has 0 aliphatic carbocycles. The van der Waals surface area contributed by atoms with Gasteiger partial charge in [0.2, 0.25) is 5.91 Å². The van der Waals surface area contributed by atoms with Crippen molar-refractivity contribution in [2.45, 2.75) is 386 Å². The molecule has 2 unspecified atom stereocenters. The summed E-state index contributed by atoms with van der Waals surface area (Å²) in [7, 11) is 0. The summed E-state index contributed by atoms with van der Waals surface area (Å²) in [6.07, 6.45) is 75.2. The minimum atomic E-state index is -0.668. The molecule has 0 heterocycles. The Kier molecular flexibility index (Phi) is 60.9. The van der Waals surface area contributed by atoms with E-state index in [1.165, 1.54) is 295 Å². The summed E-state index contributed by atoms with van der Waals surface area (Å²) in [6.45, 7) is 4.95. The van der Waals surface area contributed by atoms with E-state index >= 15 is 0 Å². The van der Waals surface area contributed by atoms with E-state index in [-0.39, 0.29) is 18.5 Å². The third-order valence-electron chi connectivity index (χ3n) is 15.6. The summed E-state index contributed by atoms with van der Waals surface area (Å²) in [5, 5.41) is 23.4. The predicted octanol–water partition coefficient (Wildman–Crippen LogP) is 20.8. The Hall–Kier alpha value is -1.40. The zero-order chi connectivity index (χ0) is 52.2. The van der Waals surface area contributed by atoms with Crippen molar-refractivity contribution in [3.63, 3.8) is 0 Å². The number of rotatable bonds is 62. The molecular weight excluding hydrogens is 887 g/mol. The van der Waals surface area contributed by atoms with Gasteiger partial charge in [0, 0.05) is 12.8 Å². The average Bonchev–Trinajstić information content (AvgIpc) is 3.38. The van der Waals surface area contributed by atoms with Crippen molar-refractivity contribution in [2.75, 3.05) is 13.2 Å². The normalized spacial score (nSPS) is 12.6. The summed E-state index contributed by atoms with van der Waals surface area (Å²) in [5.41, 5.74) is 0. The number of ether oxygens (including phenoxy) is 1. The summed E-state index contributed by atoms with van der Waals surface area (Å²) < 4.78 is 5.47. The molecule has 0 aromatic rings. The second-order valence-electron chi connectivity index (χ2n) is 22.8. The van der Waals surface area contributed by atoms with Gasteiger partial charge in [0.15, 0.2) is 0 Å². The fourth-order valence-electron chi connectivity index (χ4n) is 10.5. The Morgan fingerprint density at radius 2 is 0.653 bits per heavy atom. The van der Waals surface area contributed by atoms with E-state index in [0.29, 0.717) is 25.9 Å². The van der Waals surface area contributed by atoms with Crippen LogP contribution in [0.3, 0.4) is 0 Å². The molecule has 0 aromatic carbocycles. The van der Waals surface area contributed by atoms with Gasteiger partial charge in [-0.2, -0.15) is 0 Å². The lowest BCUT2D eigenvalue weighted by molar-refractivity contribution is -0.143. The van der Waals surface area contributed by atoms with Gasteiger partial charge in [-0.1, -0.05) is 321 Å². The van der Waals surface area contributed by atoms with Crippen LogP contribution in [0, 0.1) is 0 Å². The molecule has 0 fully saturated rings. The largest absolute Gasteiger partial charge is 0.466 e. The van der Waals surface area contributed by atoms with Crippen LogP contribution in [0.25, 0.3) is 0 Å². The van der Waals surface area contributed by atoms with Crippen LogP contribution >= 0.6 is 0 Å². The summed E-state index contributed by atoms with van der Waals surface area (Å²) >= 11 is 0. The molecule has 0 aliphatic rings. The molecule has 0 aliphatic heterocycles. The smallest absolute Gasteiger partial charge is 0.305 e. The van der Waals surface area contributed by atoms with Gasteiger partial charge in [-0.15, -0.1) is 0 Å². The zero-order valence-corrected chi connectivity index (χ0v) is 48.9. The number of carbonyl (C=O) groups excluding carboxylic acids is 2. The van der Waals surface area contributed by atoms with Crippen LogP contribution in [0.15, 0.2) is 12.2 Å². The Balaban J connectivity index is 3.40. The number of hydrogen-bond donors (Lipinski definition) is 3. The Labute approximate surface area is 450 Å². The highest BCUT2D eigenvalue weighted by Crippen LogP contribution is 2.19. The first kappa shape index (κ1) is 70.6. The Bertz CT molecular complexity index is 1080. The van der Waals surface area contributed by atoms with E-state index in [0.717, 1.165) is 44.9 Å². The molecule has 6 nitrogen and oxygen atoms in total.